The van der Waals surface area contributed by atoms with Gasteiger partial charge in [0.2, 0.25) is 11.8 Å². The zero-order valence-electron chi connectivity index (χ0n) is 13.7. The molecule has 132 valence electrons. The first-order chi connectivity index (χ1) is 12.1. The molecule has 0 aliphatic carbocycles. The van der Waals surface area contributed by atoms with Crippen molar-refractivity contribution >= 4 is 29.7 Å². The first-order valence-corrected chi connectivity index (χ1v) is 8.37. The lowest BCUT2D eigenvalue weighted by atomic mass is 9.98. The van der Waals surface area contributed by atoms with Crippen molar-refractivity contribution < 1.29 is 19.2 Å². The Hall–Kier alpha value is -2.77. The van der Waals surface area contributed by atoms with Crippen molar-refractivity contribution in [3.8, 4) is 0 Å². The second-order valence-electron chi connectivity index (χ2n) is 6.34. The molecule has 1 aromatic rings. The van der Waals surface area contributed by atoms with E-state index in [1.165, 1.54) is 0 Å². The average Bonchev–Trinajstić information content (AvgIpc) is 2.64. The van der Waals surface area contributed by atoms with Gasteiger partial charge in [0, 0.05) is 25.4 Å². The molecule has 1 aromatic heterocycles. The fourth-order valence-electron chi connectivity index (χ4n) is 3.06. The fraction of sp³-hybridized carbons (Fsp3) is 0.471. The predicted molar refractivity (Wildman–Crippen MR) is 88.9 cm³/mol. The summed E-state index contributed by atoms with van der Waals surface area (Å²) in [6.45, 7) is 1.57. The van der Waals surface area contributed by atoms with Crippen LogP contribution < -0.4 is 15.5 Å². The minimum Gasteiger partial charge on any atom is -0.370 e. The van der Waals surface area contributed by atoms with Gasteiger partial charge in [-0.1, -0.05) is 0 Å². The molecule has 0 saturated carbocycles. The Morgan fingerprint density at radius 2 is 2.00 bits per heavy atom. The monoisotopic (exact) mass is 344 g/mol. The van der Waals surface area contributed by atoms with Crippen LogP contribution in [0.2, 0.25) is 0 Å². The molecule has 0 radical (unpaired) electrons. The first kappa shape index (κ1) is 17.1. The minimum atomic E-state index is -0.714. The maximum Gasteiger partial charge on any atom is 0.270 e. The molecule has 0 aromatic carbocycles. The van der Waals surface area contributed by atoms with Crippen molar-refractivity contribution in [2.75, 3.05) is 18.0 Å². The molecule has 3 heterocycles. The summed E-state index contributed by atoms with van der Waals surface area (Å²) >= 11 is 0. The van der Waals surface area contributed by atoms with E-state index in [0.29, 0.717) is 6.42 Å². The van der Waals surface area contributed by atoms with Crippen LogP contribution in [-0.2, 0) is 14.4 Å². The van der Waals surface area contributed by atoms with E-state index in [-0.39, 0.29) is 23.9 Å². The highest BCUT2D eigenvalue weighted by Gasteiger charge is 2.28. The Morgan fingerprint density at radius 1 is 1.24 bits per heavy atom. The number of nitrogens with one attached hydrogen (secondary N) is 2. The molecule has 2 fully saturated rings. The lowest BCUT2D eigenvalue weighted by Gasteiger charge is -2.31. The summed E-state index contributed by atoms with van der Waals surface area (Å²) in [4.78, 5) is 52.1. The zero-order valence-corrected chi connectivity index (χ0v) is 13.7. The number of anilines is 1. The molecule has 3 rings (SSSR count). The molecule has 3 amide bonds. The van der Waals surface area contributed by atoms with E-state index >= 15 is 0 Å². The van der Waals surface area contributed by atoms with E-state index < -0.39 is 17.9 Å². The van der Waals surface area contributed by atoms with Crippen LogP contribution >= 0.6 is 0 Å². The highest BCUT2D eigenvalue weighted by molar-refractivity contribution is 6.03. The van der Waals surface area contributed by atoms with Crippen LogP contribution in [0.3, 0.4) is 0 Å². The molecule has 2 N–H and O–H groups in total. The van der Waals surface area contributed by atoms with Crippen molar-refractivity contribution in [1.29, 1.82) is 0 Å². The standard InChI is InChI=1S/C17H20N4O4/c22-10-11-5-7-21(8-6-11)12-1-2-13(18-9-12)16(24)19-14-3-4-15(23)20-17(14)25/h1-2,9-11,14H,3-8H2,(H,19,24)(H,20,23,25). The largest absolute Gasteiger partial charge is 0.370 e. The zero-order chi connectivity index (χ0) is 17.8. The number of carbonyl (C=O) groups excluding carboxylic acids is 4. The van der Waals surface area contributed by atoms with Gasteiger partial charge < -0.3 is 15.0 Å². The van der Waals surface area contributed by atoms with Gasteiger partial charge in [-0.3, -0.25) is 19.7 Å². The number of piperidine rings is 2. The van der Waals surface area contributed by atoms with Crippen LogP contribution in [0.4, 0.5) is 5.69 Å². The van der Waals surface area contributed by atoms with Gasteiger partial charge in [0.05, 0.1) is 11.9 Å². The molecule has 0 bridgehead atoms. The van der Waals surface area contributed by atoms with Crippen LogP contribution in [0.1, 0.15) is 36.2 Å². The summed E-state index contributed by atoms with van der Waals surface area (Å²) in [6, 6.07) is 2.71. The summed E-state index contributed by atoms with van der Waals surface area (Å²) in [5.41, 5.74) is 1.12. The number of hydrogen-bond acceptors (Lipinski definition) is 6. The fourth-order valence-corrected chi connectivity index (χ4v) is 3.06. The number of nitrogens with zero attached hydrogens (tertiary/aromatic N) is 2. The molecule has 2 saturated heterocycles. The minimum absolute atomic E-state index is 0.128. The molecule has 8 heteroatoms. The van der Waals surface area contributed by atoms with E-state index in [2.05, 4.69) is 20.5 Å². The summed E-state index contributed by atoms with van der Waals surface area (Å²) in [5.74, 6) is -1.13. The van der Waals surface area contributed by atoms with Crippen molar-refractivity contribution in [3.05, 3.63) is 24.0 Å². The Bertz CT molecular complexity index is 680. The summed E-state index contributed by atoms with van der Waals surface area (Å²) in [5, 5.41) is 4.80. The third-order valence-corrected chi connectivity index (χ3v) is 4.62. The van der Waals surface area contributed by atoms with Gasteiger partial charge >= 0.3 is 0 Å². The van der Waals surface area contributed by atoms with Crippen molar-refractivity contribution in [2.24, 2.45) is 5.92 Å². The summed E-state index contributed by atoms with van der Waals surface area (Å²) < 4.78 is 0. The van der Waals surface area contributed by atoms with E-state index in [0.717, 1.165) is 37.9 Å². The maximum absolute atomic E-state index is 12.2. The molecule has 2 aliphatic heterocycles. The quantitative estimate of drug-likeness (QED) is 0.589. The van der Waals surface area contributed by atoms with E-state index in [1.807, 2.05) is 6.07 Å². The van der Waals surface area contributed by atoms with Crippen LogP contribution in [0, 0.1) is 5.92 Å². The lowest BCUT2D eigenvalue weighted by Crippen LogP contribution is -2.52. The number of aldehydes is 1. The SMILES string of the molecule is O=CC1CCN(c2ccc(C(=O)NC3CCC(=O)NC3=O)nc2)CC1. The van der Waals surface area contributed by atoms with E-state index in [4.69, 9.17) is 0 Å². The lowest BCUT2D eigenvalue weighted by molar-refractivity contribution is -0.134. The van der Waals surface area contributed by atoms with E-state index in [1.54, 1.807) is 12.3 Å². The van der Waals surface area contributed by atoms with Gasteiger partial charge in [-0.25, -0.2) is 4.98 Å². The van der Waals surface area contributed by atoms with Gasteiger partial charge in [0.15, 0.2) is 0 Å². The molecule has 1 atom stereocenters. The van der Waals surface area contributed by atoms with Crippen LogP contribution in [-0.4, -0.2) is 48.1 Å². The number of hydrogen-bond donors (Lipinski definition) is 2. The van der Waals surface area contributed by atoms with Gasteiger partial charge in [0.1, 0.15) is 18.0 Å². The molecular weight excluding hydrogens is 324 g/mol. The second-order valence-corrected chi connectivity index (χ2v) is 6.34. The van der Waals surface area contributed by atoms with Crippen LogP contribution in [0.5, 0.6) is 0 Å². The number of imide groups is 1. The highest BCUT2D eigenvalue weighted by atomic mass is 16.2. The average molecular weight is 344 g/mol. The normalized spacial score (nSPS) is 21.6. The van der Waals surface area contributed by atoms with Gasteiger partial charge in [-0.05, 0) is 31.4 Å². The predicted octanol–water partition coefficient (Wildman–Crippen LogP) is 0.0319. The molecule has 8 nitrogen and oxygen atoms in total. The Morgan fingerprint density at radius 3 is 2.60 bits per heavy atom. The van der Waals surface area contributed by atoms with Gasteiger partial charge in [-0.2, -0.15) is 0 Å². The molecule has 0 spiro atoms. The third kappa shape index (κ3) is 4.01. The Labute approximate surface area is 145 Å². The summed E-state index contributed by atoms with van der Waals surface area (Å²) in [6.07, 6.45) is 4.78. The first-order valence-electron chi connectivity index (χ1n) is 8.37. The molecule has 2 aliphatic rings. The third-order valence-electron chi connectivity index (χ3n) is 4.62. The topological polar surface area (TPSA) is 108 Å². The Balaban J connectivity index is 1.58. The molecule has 25 heavy (non-hydrogen) atoms. The second kappa shape index (κ2) is 7.42. The molecule has 1 unspecified atom stereocenters. The van der Waals surface area contributed by atoms with Crippen molar-refractivity contribution in [1.82, 2.24) is 15.6 Å². The summed E-state index contributed by atoms with van der Waals surface area (Å²) in [7, 11) is 0. The van der Waals surface area contributed by atoms with Gasteiger partial charge in [0.25, 0.3) is 5.91 Å². The van der Waals surface area contributed by atoms with Crippen molar-refractivity contribution in [2.45, 2.75) is 31.7 Å². The molecular formula is C17H20N4O4. The van der Waals surface area contributed by atoms with Crippen LogP contribution in [0.25, 0.3) is 0 Å². The van der Waals surface area contributed by atoms with Crippen molar-refractivity contribution in [3.63, 3.8) is 0 Å². The number of rotatable bonds is 4. The number of carbonyl (C=O) groups is 4. The number of amides is 3. The highest BCUT2D eigenvalue weighted by Crippen LogP contribution is 2.21. The van der Waals surface area contributed by atoms with E-state index in [9.17, 15) is 19.2 Å². The number of pyridine rings is 1. The maximum atomic E-state index is 12.2. The Kier molecular flexibility index (Phi) is 5.06. The van der Waals surface area contributed by atoms with Gasteiger partial charge in [-0.15, -0.1) is 0 Å². The number of aromatic nitrogens is 1. The smallest absolute Gasteiger partial charge is 0.270 e. The van der Waals surface area contributed by atoms with Crippen LogP contribution in [0.15, 0.2) is 18.3 Å².